The van der Waals surface area contributed by atoms with Crippen LogP contribution in [0.5, 0.6) is 0 Å². The summed E-state index contributed by atoms with van der Waals surface area (Å²) < 4.78 is 39.7. The lowest BCUT2D eigenvalue weighted by Gasteiger charge is -2.31. The van der Waals surface area contributed by atoms with Crippen LogP contribution >= 0.6 is 0 Å². The smallest absolute Gasteiger partial charge is 0.244 e. The lowest BCUT2D eigenvalue weighted by Crippen LogP contribution is -2.50. The number of sulfonamides is 1. The van der Waals surface area contributed by atoms with E-state index in [1.165, 1.54) is 24.3 Å². The molecule has 0 spiro atoms. The van der Waals surface area contributed by atoms with Gasteiger partial charge in [-0.05, 0) is 31.0 Å². The van der Waals surface area contributed by atoms with Crippen LogP contribution in [0.15, 0.2) is 54.6 Å². The number of hydrogen-bond donors (Lipinski definition) is 1. The number of carbonyl (C=O) groups is 1. The second-order valence-corrected chi connectivity index (χ2v) is 7.93. The maximum absolute atomic E-state index is 14.2. The summed E-state index contributed by atoms with van der Waals surface area (Å²) in [5, 5.41) is 2.82. The first kappa shape index (κ1) is 19.9. The average Bonchev–Trinajstić information content (AvgIpc) is 2.60. The number of anilines is 1. The summed E-state index contributed by atoms with van der Waals surface area (Å²) in [6, 6.07) is 13.5. The lowest BCUT2D eigenvalue weighted by molar-refractivity contribution is -0.122. The minimum atomic E-state index is -3.86. The topological polar surface area (TPSA) is 66.5 Å². The van der Waals surface area contributed by atoms with Crippen LogP contribution in [-0.4, -0.2) is 26.6 Å². The van der Waals surface area contributed by atoms with Crippen molar-refractivity contribution in [2.75, 3.05) is 10.6 Å². The molecule has 0 saturated heterocycles. The molecule has 2 aromatic carbocycles. The largest absolute Gasteiger partial charge is 0.348 e. The molecule has 0 fully saturated rings. The molecule has 2 aromatic rings. The molecule has 5 nitrogen and oxygen atoms in total. The molecule has 26 heavy (non-hydrogen) atoms. The molecule has 0 aliphatic carbocycles. The number of benzene rings is 2. The molecule has 7 heteroatoms. The first-order valence-corrected chi connectivity index (χ1v) is 10.2. The Hall–Kier alpha value is -2.41. The molecule has 0 aromatic heterocycles. The van der Waals surface area contributed by atoms with Gasteiger partial charge in [0.25, 0.3) is 0 Å². The Kier molecular flexibility index (Phi) is 6.37. The van der Waals surface area contributed by atoms with E-state index in [-0.39, 0.29) is 18.2 Å². The molecular formula is C19H23FN2O3S. The Morgan fingerprint density at radius 3 is 2.23 bits per heavy atom. The Morgan fingerprint density at radius 2 is 1.69 bits per heavy atom. The third kappa shape index (κ3) is 4.60. The summed E-state index contributed by atoms with van der Waals surface area (Å²) in [4.78, 5) is 12.8. The number of hydrogen-bond acceptors (Lipinski definition) is 3. The third-order valence-corrected chi connectivity index (χ3v) is 5.24. The Labute approximate surface area is 153 Å². The van der Waals surface area contributed by atoms with Crippen molar-refractivity contribution in [3.05, 3.63) is 66.0 Å². The first-order valence-electron chi connectivity index (χ1n) is 8.35. The zero-order valence-electron chi connectivity index (χ0n) is 15.0. The van der Waals surface area contributed by atoms with E-state index in [4.69, 9.17) is 0 Å². The van der Waals surface area contributed by atoms with Gasteiger partial charge >= 0.3 is 0 Å². The fourth-order valence-corrected chi connectivity index (χ4v) is 4.01. The van der Waals surface area contributed by atoms with Crippen LogP contribution < -0.4 is 9.62 Å². The molecular weight excluding hydrogens is 355 g/mol. The number of nitrogens with one attached hydrogen (secondary N) is 1. The number of amides is 1. The third-order valence-electron chi connectivity index (χ3n) is 4.08. The van der Waals surface area contributed by atoms with E-state index >= 15 is 0 Å². The van der Waals surface area contributed by atoms with E-state index in [1.807, 2.05) is 37.3 Å². The van der Waals surface area contributed by atoms with Gasteiger partial charge in [-0.15, -0.1) is 0 Å². The van der Waals surface area contributed by atoms with Gasteiger partial charge in [-0.25, -0.2) is 12.8 Å². The van der Waals surface area contributed by atoms with Crippen LogP contribution in [0.3, 0.4) is 0 Å². The molecule has 2 rings (SSSR count). The van der Waals surface area contributed by atoms with E-state index in [1.54, 1.807) is 6.92 Å². The van der Waals surface area contributed by atoms with Crippen molar-refractivity contribution in [3.8, 4) is 0 Å². The summed E-state index contributed by atoms with van der Waals surface area (Å²) >= 11 is 0. The van der Waals surface area contributed by atoms with Crippen molar-refractivity contribution >= 4 is 21.6 Å². The fourth-order valence-electron chi connectivity index (χ4n) is 2.80. The van der Waals surface area contributed by atoms with Gasteiger partial charge in [0.1, 0.15) is 11.9 Å². The zero-order chi connectivity index (χ0) is 19.3. The molecule has 0 heterocycles. The van der Waals surface area contributed by atoms with Gasteiger partial charge in [-0.1, -0.05) is 49.4 Å². The molecule has 1 amide bonds. The van der Waals surface area contributed by atoms with Crippen LogP contribution in [0.1, 0.15) is 31.9 Å². The molecule has 0 aliphatic rings. The summed E-state index contributed by atoms with van der Waals surface area (Å²) in [6.07, 6.45) is 1.17. The maximum atomic E-state index is 14.2. The van der Waals surface area contributed by atoms with E-state index in [0.29, 0.717) is 0 Å². The number of carbonyl (C=O) groups excluding carboxylic acids is 1. The predicted octanol–water partition coefficient (Wildman–Crippen LogP) is 3.25. The van der Waals surface area contributed by atoms with Gasteiger partial charge in [0, 0.05) is 0 Å². The number of halogens is 1. The lowest BCUT2D eigenvalue weighted by atomic mass is 10.1. The van der Waals surface area contributed by atoms with Crippen LogP contribution in [0.2, 0.25) is 0 Å². The highest BCUT2D eigenvalue weighted by Crippen LogP contribution is 2.26. The van der Waals surface area contributed by atoms with Crippen LogP contribution in [0, 0.1) is 5.82 Å². The standard InChI is InChI=1S/C19H23FN2O3S/c1-4-17(19(23)21-14(2)15-10-6-5-7-11-15)22(26(3,24)25)18-13-9-8-12-16(18)20/h5-14,17H,4H2,1-3H3,(H,21,23). The van der Waals surface area contributed by atoms with Crippen molar-refractivity contribution in [1.82, 2.24) is 5.32 Å². The van der Waals surface area contributed by atoms with Crippen molar-refractivity contribution < 1.29 is 17.6 Å². The van der Waals surface area contributed by atoms with Crippen molar-refractivity contribution in [3.63, 3.8) is 0 Å². The second-order valence-electron chi connectivity index (χ2n) is 6.08. The first-order chi connectivity index (χ1) is 12.3. The minimum Gasteiger partial charge on any atom is -0.348 e. The Balaban J connectivity index is 2.33. The summed E-state index contributed by atoms with van der Waals surface area (Å²) in [5.74, 6) is -1.17. The molecule has 1 N–H and O–H groups in total. The Morgan fingerprint density at radius 1 is 1.12 bits per heavy atom. The van der Waals surface area contributed by atoms with Crippen molar-refractivity contribution in [2.45, 2.75) is 32.4 Å². The van der Waals surface area contributed by atoms with Gasteiger partial charge in [-0.3, -0.25) is 9.10 Å². The van der Waals surface area contributed by atoms with E-state index < -0.39 is 27.8 Å². The highest BCUT2D eigenvalue weighted by Gasteiger charge is 2.33. The molecule has 0 bridgehead atoms. The maximum Gasteiger partial charge on any atom is 0.244 e. The highest BCUT2D eigenvalue weighted by molar-refractivity contribution is 7.92. The minimum absolute atomic E-state index is 0.135. The van der Waals surface area contributed by atoms with Gasteiger partial charge in [0.2, 0.25) is 15.9 Å². The second kappa shape index (κ2) is 8.31. The predicted molar refractivity (Wildman–Crippen MR) is 101 cm³/mol. The molecule has 0 radical (unpaired) electrons. The zero-order valence-corrected chi connectivity index (χ0v) is 15.8. The van der Waals surface area contributed by atoms with Gasteiger partial charge in [-0.2, -0.15) is 0 Å². The molecule has 0 aliphatic heterocycles. The fraction of sp³-hybridized carbons (Fsp3) is 0.316. The summed E-state index contributed by atoms with van der Waals surface area (Å²) in [6.45, 7) is 3.50. The van der Waals surface area contributed by atoms with Crippen molar-refractivity contribution in [1.29, 1.82) is 0 Å². The average molecular weight is 378 g/mol. The SMILES string of the molecule is CCC(C(=O)NC(C)c1ccccc1)N(c1ccccc1F)S(C)(=O)=O. The van der Waals surface area contributed by atoms with E-state index in [9.17, 15) is 17.6 Å². The number of nitrogens with zero attached hydrogens (tertiary/aromatic N) is 1. The van der Waals surface area contributed by atoms with E-state index in [0.717, 1.165) is 16.1 Å². The number of rotatable bonds is 7. The number of para-hydroxylation sites is 1. The van der Waals surface area contributed by atoms with E-state index in [2.05, 4.69) is 5.32 Å². The van der Waals surface area contributed by atoms with Gasteiger partial charge in [0.15, 0.2) is 0 Å². The van der Waals surface area contributed by atoms with Crippen LogP contribution in [0.4, 0.5) is 10.1 Å². The molecule has 140 valence electrons. The Bertz CT molecular complexity index is 856. The van der Waals surface area contributed by atoms with Gasteiger partial charge in [0.05, 0.1) is 18.0 Å². The molecule has 2 atom stereocenters. The van der Waals surface area contributed by atoms with Crippen LogP contribution in [-0.2, 0) is 14.8 Å². The van der Waals surface area contributed by atoms with Gasteiger partial charge < -0.3 is 5.32 Å². The quantitative estimate of drug-likeness (QED) is 0.804. The summed E-state index contributed by atoms with van der Waals surface area (Å²) in [7, 11) is -3.86. The van der Waals surface area contributed by atoms with Crippen molar-refractivity contribution in [2.24, 2.45) is 0 Å². The highest BCUT2D eigenvalue weighted by atomic mass is 32.2. The molecule has 0 saturated carbocycles. The normalized spacial score (nSPS) is 13.7. The van der Waals surface area contributed by atoms with Crippen LogP contribution in [0.25, 0.3) is 0 Å². The molecule has 2 unspecified atom stereocenters. The monoisotopic (exact) mass is 378 g/mol. The summed E-state index contributed by atoms with van der Waals surface area (Å²) in [5.41, 5.74) is 0.761.